The number of nitrogens with two attached hydrogens (primary N) is 1. The van der Waals surface area contributed by atoms with Crippen molar-refractivity contribution >= 4 is 34.8 Å². The number of hydrogen-bond acceptors (Lipinski definition) is 5. The third kappa shape index (κ3) is 2.78. The largest absolute Gasteiger partial charge is 0.478 e. The number of carboxylic acid groups (broad SMARTS) is 1. The molecule has 0 bridgehead atoms. The summed E-state index contributed by atoms with van der Waals surface area (Å²) in [6, 6.07) is 4.72. The van der Waals surface area contributed by atoms with Crippen molar-refractivity contribution in [1.82, 2.24) is 4.98 Å². The summed E-state index contributed by atoms with van der Waals surface area (Å²) in [4.78, 5) is 15.9. The van der Waals surface area contributed by atoms with Crippen LogP contribution in [-0.4, -0.2) is 16.1 Å². The number of aromatic carboxylic acids is 1. The van der Waals surface area contributed by atoms with E-state index in [1.807, 2.05) is 12.3 Å². The lowest BCUT2D eigenvalue weighted by molar-refractivity contribution is 0.0697. The van der Waals surface area contributed by atoms with Crippen molar-refractivity contribution in [1.29, 1.82) is 0 Å². The second-order valence-electron chi connectivity index (χ2n) is 3.41. The molecular weight excluding hydrogens is 256 g/mol. The molecule has 0 spiro atoms. The van der Waals surface area contributed by atoms with Crippen molar-refractivity contribution in [3.63, 3.8) is 0 Å². The molecule has 0 aliphatic heterocycles. The first-order valence-electron chi connectivity index (χ1n) is 4.79. The van der Waals surface area contributed by atoms with E-state index >= 15 is 0 Å². The Morgan fingerprint density at radius 2 is 2.29 bits per heavy atom. The first kappa shape index (κ1) is 11.9. The Bertz CT molecular complexity index is 566. The number of nitrogens with zero attached hydrogens (tertiary/aromatic N) is 1. The first-order valence-corrected chi connectivity index (χ1v) is 6.48. The molecule has 0 saturated carbocycles. The molecule has 88 valence electrons. The second-order valence-corrected chi connectivity index (χ2v) is 5.56. The molecule has 2 aromatic rings. The van der Waals surface area contributed by atoms with Gasteiger partial charge in [-0.05, 0) is 25.1 Å². The van der Waals surface area contributed by atoms with Gasteiger partial charge in [0, 0.05) is 21.7 Å². The first-order chi connectivity index (χ1) is 8.06. The van der Waals surface area contributed by atoms with Crippen LogP contribution in [0.25, 0.3) is 0 Å². The van der Waals surface area contributed by atoms with Crippen molar-refractivity contribution in [2.45, 2.75) is 16.2 Å². The van der Waals surface area contributed by atoms with Gasteiger partial charge in [-0.15, -0.1) is 11.3 Å². The normalized spacial score (nSPS) is 10.4. The van der Waals surface area contributed by atoms with E-state index in [1.54, 1.807) is 23.5 Å². The highest BCUT2D eigenvalue weighted by Gasteiger charge is 2.09. The Morgan fingerprint density at radius 3 is 2.82 bits per heavy atom. The zero-order chi connectivity index (χ0) is 12.4. The van der Waals surface area contributed by atoms with Gasteiger partial charge in [-0.3, -0.25) is 0 Å². The van der Waals surface area contributed by atoms with E-state index in [9.17, 15) is 4.79 Å². The zero-order valence-corrected chi connectivity index (χ0v) is 10.6. The van der Waals surface area contributed by atoms with E-state index in [2.05, 4.69) is 4.98 Å². The molecule has 17 heavy (non-hydrogen) atoms. The Hall–Kier alpha value is -1.53. The molecule has 4 nitrogen and oxygen atoms in total. The Balaban J connectivity index is 2.25. The van der Waals surface area contributed by atoms with Gasteiger partial charge in [0.05, 0.1) is 5.56 Å². The van der Waals surface area contributed by atoms with E-state index in [-0.39, 0.29) is 5.56 Å². The molecule has 0 radical (unpaired) electrons. The number of rotatable bonds is 3. The summed E-state index contributed by atoms with van der Waals surface area (Å²) in [5.74, 6) is -0.974. The summed E-state index contributed by atoms with van der Waals surface area (Å²) >= 11 is 2.99. The summed E-state index contributed by atoms with van der Waals surface area (Å²) in [6.07, 6.45) is 0. The minimum absolute atomic E-state index is 0.196. The average molecular weight is 266 g/mol. The maximum Gasteiger partial charge on any atom is 0.335 e. The van der Waals surface area contributed by atoms with Crippen molar-refractivity contribution in [2.75, 3.05) is 5.73 Å². The smallest absolute Gasteiger partial charge is 0.335 e. The molecule has 1 aromatic heterocycles. The molecule has 0 aliphatic rings. The second kappa shape index (κ2) is 4.77. The molecule has 0 amide bonds. The van der Waals surface area contributed by atoms with Crippen LogP contribution in [-0.2, 0) is 0 Å². The number of thiazole rings is 1. The van der Waals surface area contributed by atoms with Gasteiger partial charge in [0.25, 0.3) is 0 Å². The molecule has 1 aromatic carbocycles. The van der Waals surface area contributed by atoms with Gasteiger partial charge in [0.15, 0.2) is 4.34 Å². The standard InChI is InChI=1S/C11H10N2O2S2/c1-6-5-16-11(13-6)17-9-3-2-7(10(14)15)4-8(9)12/h2-5H,12H2,1H3,(H,14,15). The van der Waals surface area contributed by atoms with Crippen LogP contribution < -0.4 is 5.73 Å². The molecule has 3 N–H and O–H groups in total. The maximum atomic E-state index is 10.8. The van der Waals surface area contributed by atoms with Crippen molar-refractivity contribution in [3.05, 3.63) is 34.8 Å². The highest BCUT2D eigenvalue weighted by molar-refractivity contribution is 8.01. The third-order valence-corrected chi connectivity index (χ3v) is 4.20. The predicted molar refractivity (Wildman–Crippen MR) is 68.8 cm³/mol. The molecule has 0 atom stereocenters. The molecule has 0 saturated heterocycles. The third-order valence-electron chi connectivity index (χ3n) is 2.05. The minimum atomic E-state index is -0.974. The van der Waals surface area contributed by atoms with E-state index in [0.717, 1.165) is 14.9 Å². The monoisotopic (exact) mass is 266 g/mol. The van der Waals surface area contributed by atoms with Crippen LogP contribution in [0.1, 0.15) is 16.1 Å². The van der Waals surface area contributed by atoms with Crippen LogP contribution >= 0.6 is 23.1 Å². The topological polar surface area (TPSA) is 76.2 Å². The van der Waals surface area contributed by atoms with E-state index < -0.39 is 5.97 Å². The molecule has 2 rings (SSSR count). The fourth-order valence-electron chi connectivity index (χ4n) is 1.25. The predicted octanol–water partition coefficient (Wildman–Crippen LogP) is 2.88. The number of hydrogen-bond donors (Lipinski definition) is 2. The SMILES string of the molecule is Cc1csc(Sc2ccc(C(=O)O)cc2N)n1. The number of carbonyl (C=O) groups is 1. The molecule has 6 heteroatoms. The van der Waals surface area contributed by atoms with Gasteiger partial charge in [0.2, 0.25) is 0 Å². The summed E-state index contributed by atoms with van der Waals surface area (Å²) in [6.45, 7) is 1.93. The number of aromatic nitrogens is 1. The van der Waals surface area contributed by atoms with Crippen LogP contribution in [0.2, 0.25) is 0 Å². The van der Waals surface area contributed by atoms with Crippen LogP contribution in [0.5, 0.6) is 0 Å². The lowest BCUT2D eigenvalue weighted by Gasteiger charge is -2.03. The van der Waals surface area contributed by atoms with Crippen LogP contribution in [0.4, 0.5) is 5.69 Å². The van der Waals surface area contributed by atoms with Gasteiger partial charge in [0.1, 0.15) is 0 Å². The summed E-state index contributed by atoms with van der Waals surface area (Å²) in [5, 5.41) is 10.8. The fourth-order valence-corrected chi connectivity index (χ4v) is 3.07. The number of benzene rings is 1. The van der Waals surface area contributed by atoms with E-state index in [4.69, 9.17) is 10.8 Å². The maximum absolute atomic E-state index is 10.8. The van der Waals surface area contributed by atoms with Crippen molar-refractivity contribution in [3.8, 4) is 0 Å². The zero-order valence-electron chi connectivity index (χ0n) is 9.01. The van der Waals surface area contributed by atoms with Gasteiger partial charge >= 0.3 is 5.97 Å². The van der Waals surface area contributed by atoms with Crippen molar-refractivity contribution < 1.29 is 9.90 Å². The van der Waals surface area contributed by atoms with Gasteiger partial charge in [-0.25, -0.2) is 9.78 Å². The lowest BCUT2D eigenvalue weighted by Crippen LogP contribution is -1.98. The summed E-state index contributed by atoms with van der Waals surface area (Å²) < 4.78 is 0.900. The Morgan fingerprint density at radius 1 is 1.53 bits per heavy atom. The molecule has 0 fully saturated rings. The molecule has 0 unspecified atom stereocenters. The number of carboxylic acids is 1. The van der Waals surface area contributed by atoms with Crippen LogP contribution in [0.15, 0.2) is 32.8 Å². The van der Waals surface area contributed by atoms with E-state index in [1.165, 1.54) is 17.8 Å². The molecule has 1 heterocycles. The van der Waals surface area contributed by atoms with Crippen LogP contribution in [0.3, 0.4) is 0 Å². The highest BCUT2D eigenvalue weighted by Crippen LogP contribution is 2.34. The van der Waals surface area contributed by atoms with Gasteiger partial charge in [-0.1, -0.05) is 11.8 Å². The van der Waals surface area contributed by atoms with Crippen molar-refractivity contribution in [2.24, 2.45) is 0 Å². The van der Waals surface area contributed by atoms with Gasteiger partial charge in [-0.2, -0.15) is 0 Å². The summed E-state index contributed by atoms with van der Waals surface area (Å²) in [7, 11) is 0. The lowest BCUT2D eigenvalue weighted by atomic mass is 10.2. The average Bonchev–Trinajstić information content (AvgIpc) is 2.67. The molecular formula is C11H10N2O2S2. The Kier molecular flexibility index (Phi) is 3.35. The molecule has 0 aliphatic carbocycles. The van der Waals surface area contributed by atoms with Crippen LogP contribution in [0, 0.1) is 6.92 Å². The van der Waals surface area contributed by atoms with Gasteiger partial charge < -0.3 is 10.8 Å². The number of nitrogen functional groups attached to an aromatic ring is 1. The quantitative estimate of drug-likeness (QED) is 0.835. The number of aryl methyl sites for hydroxylation is 1. The van der Waals surface area contributed by atoms with E-state index in [0.29, 0.717) is 5.69 Å². The highest BCUT2D eigenvalue weighted by atomic mass is 32.2. The Labute approximate surface area is 106 Å². The summed E-state index contributed by atoms with van der Waals surface area (Å²) in [5.41, 5.74) is 7.43. The minimum Gasteiger partial charge on any atom is -0.478 e. The fraction of sp³-hybridized carbons (Fsp3) is 0.0909. The number of anilines is 1.